The van der Waals surface area contributed by atoms with Crippen molar-refractivity contribution in [1.82, 2.24) is 10.3 Å². The van der Waals surface area contributed by atoms with Crippen molar-refractivity contribution in [2.45, 2.75) is 44.6 Å². The Hall–Kier alpha value is -1.94. The average molecular weight is 309 g/mol. The van der Waals surface area contributed by atoms with E-state index in [0.29, 0.717) is 18.4 Å². The summed E-state index contributed by atoms with van der Waals surface area (Å²) in [5, 5.41) is 3.96. The molecule has 120 valence electrons. The van der Waals surface area contributed by atoms with E-state index in [1.807, 2.05) is 19.1 Å². The van der Waals surface area contributed by atoms with Gasteiger partial charge in [0.15, 0.2) is 0 Å². The summed E-state index contributed by atoms with van der Waals surface area (Å²) in [5.41, 5.74) is 9.95. The number of amides is 1. The smallest absolute Gasteiger partial charge is 0.252 e. The van der Waals surface area contributed by atoms with Gasteiger partial charge in [-0.2, -0.15) is 0 Å². The number of fused-ring (bicyclic) bond motifs is 1. The zero-order valence-corrected chi connectivity index (χ0v) is 13.5. The summed E-state index contributed by atoms with van der Waals surface area (Å²) < 4.78 is 0. The number of aromatic nitrogens is 1. The fourth-order valence-corrected chi connectivity index (χ4v) is 3.13. The monoisotopic (exact) mass is 309 g/mol. The number of carbonyl (C=O) groups excluding carboxylic acids is 1. The van der Waals surface area contributed by atoms with E-state index in [4.69, 9.17) is 10.7 Å². The van der Waals surface area contributed by atoms with Gasteiger partial charge in [0.2, 0.25) is 0 Å². The number of benzene rings is 1. The van der Waals surface area contributed by atoms with Crippen LogP contribution >= 0.6 is 0 Å². The van der Waals surface area contributed by atoms with Gasteiger partial charge in [-0.05, 0) is 56.7 Å². The Kier molecular flexibility index (Phi) is 3.57. The summed E-state index contributed by atoms with van der Waals surface area (Å²) in [7, 11) is 0. The van der Waals surface area contributed by atoms with Gasteiger partial charge in [0.25, 0.3) is 5.91 Å². The van der Waals surface area contributed by atoms with Crippen molar-refractivity contribution in [3.63, 3.8) is 0 Å². The Bertz CT molecular complexity index is 763. The van der Waals surface area contributed by atoms with Gasteiger partial charge in [0.05, 0.1) is 11.1 Å². The minimum Gasteiger partial charge on any atom is -0.350 e. The van der Waals surface area contributed by atoms with E-state index >= 15 is 0 Å². The zero-order valence-electron chi connectivity index (χ0n) is 13.5. The Morgan fingerprint density at radius 1 is 1.30 bits per heavy atom. The van der Waals surface area contributed by atoms with Crippen molar-refractivity contribution in [1.29, 1.82) is 0 Å². The summed E-state index contributed by atoms with van der Waals surface area (Å²) in [4.78, 5) is 17.5. The van der Waals surface area contributed by atoms with Gasteiger partial charge in [-0.15, -0.1) is 0 Å². The topological polar surface area (TPSA) is 68.0 Å². The molecule has 1 aromatic carbocycles. The van der Waals surface area contributed by atoms with Crippen molar-refractivity contribution in [2.75, 3.05) is 6.54 Å². The van der Waals surface area contributed by atoms with Crippen LogP contribution in [0.2, 0.25) is 0 Å². The first-order chi connectivity index (χ1) is 11.1. The van der Waals surface area contributed by atoms with Gasteiger partial charge >= 0.3 is 0 Å². The minimum atomic E-state index is -0.0269. The molecule has 0 spiro atoms. The molecule has 1 heterocycles. The number of hydrogen-bond acceptors (Lipinski definition) is 3. The Morgan fingerprint density at radius 2 is 2.09 bits per heavy atom. The fraction of sp³-hybridized carbons (Fsp3) is 0.474. The predicted octanol–water partition coefficient (Wildman–Crippen LogP) is 2.89. The second-order valence-corrected chi connectivity index (χ2v) is 7.10. The third kappa shape index (κ3) is 3.08. The molecule has 2 fully saturated rings. The van der Waals surface area contributed by atoms with Crippen molar-refractivity contribution >= 4 is 16.8 Å². The number of pyridine rings is 1. The van der Waals surface area contributed by atoms with Crippen LogP contribution in [-0.2, 0) is 0 Å². The molecular weight excluding hydrogens is 286 g/mol. The van der Waals surface area contributed by atoms with Crippen molar-refractivity contribution in [2.24, 2.45) is 11.7 Å². The summed E-state index contributed by atoms with van der Waals surface area (Å²) in [6.07, 6.45) is 4.75. The standard InChI is InChI=1S/C19H23N3O/c1-11-2-7-17-14(8-11)15(9-18(22-17)13-5-6-13)19(23)21-10-16(20)12-3-4-12/h2,7-9,12-13,16H,3-6,10,20H2,1H3,(H,21,23). The molecule has 4 nitrogen and oxygen atoms in total. The molecule has 2 aromatic rings. The molecule has 4 heteroatoms. The van der Waals surface area contributed by atoms with Crippen LogP contribution in [0.25, 0.3) is 10.9 Å². The van der Waals surface area contributed by atoms with Crippen LogP contribution in [0.4, 0.5) is 0 Å². The third-order valence-electron chi connectivity index (χ3n) is 4.95. The van der Waals surface area contributed by atoms with Crippen molar-refractivity contribution in [3.05, 3.63) is 41.1 Å². The van der Waals surface area contributed by atoms with Crippen LogP contribution in [-0.4, -0.2) is 23.5 Å². The van der Waals surface area contributed by atoms with E-state index in [-0.39, 0.29) is 11.9 Å². The maximum atomic E-state index is 12.7. The maximum Gasteiger partial charge on any atom is 0.252 e. The van der Waals surface area contributed by atoms with Gasteiger partial charge in [0.1, 0.15) is 0 Å². The highest BCUT2D eigenvalue weighted by Crippen LogP contribution is 2.40. The van der Waals surface area contributed by atoms with E-state index < -0.39 is 0 Å². The number of nitrogens with zero attached hydrogens (tertiary/aromatic N) is 1. The van der Waals surface area contributed by atoms with Crippen molar-refractivity contribution < 1.29 is 4.79 Å². The Balaban J connectivity index is 1.65. The van der Waals surface area contributed by atoms with Crippen LogP contribution in [0.1, 0.15) is 53.2 Å². The molecule has 0 bridgehead atoms. The molecular formula is C19H23N3O. The first kappa shape index (κ1) is 14.6. The van der Waals surface area contributed by atoms with E-state index in [9.17, 15) is 4.79 Å². The predicted molar refractivity (Wildman–Crippen MR) is 91.5 cm³/mol. The number of carbonyl (C=O) groups is 1. The van der Waals surface area contributed by atoms with Crippen LogP contribution in [0.5, 0.6) is 0 Å². The van der Waals surface area contributed by atoms with Crippen LogP contribution in [0.3, 0.4) is 0 Å². The molecule has 23 heavy (non-hydrogen) atoms. The SMILES string of the molecule is Cc1ccc2nc(C3CC3)cc(C(=O)NCC(N)C3CC3)c2c1. The molecule has 1 aromatic heterocycles. The highest BCUT2D eigenvalue weighted by atomic mass is 16.1. The maximum absolute atomic E-state index is 12.7. The van der Waals surface area contributed by atoms with Gasteiger partial charge in [-0.3, -0.25) is 9.78 Å². The quantitative estimate of drug-likeness (QED) is 0.892. The lowest BCUT2D eigenvalue weighted by atomic mass is 10.0. The normalized spacial score (nSPS) is 18.9. The molecule has 2 saturated carbocycles. The Labute approximate surface area is 136 Å². The molecule has 4 rings (SSSR count). The number of nitrogens with two attached hydrogens (primary N) is 1. The second-order valence-electron chi connectivity index (χ2n) is 7.10. The highest BCUT2D eigenvalue weighted by molar-refractivity contribution is 6.06. The molecule has 1 atom stereocenters. The van der Waals surface area contributed by atoms with Crippen LogP contribution < -0.4 is 11.1 Å². The first-order valence-electron chi connectivity index (χ1n) is 8.57. The first-order valence-corrected chi connectivity index (χ1v) is 8.57. The fourth-order valence-electron chi connectivity index (χ4n) is 3.13. The molecule has 0 aliphatic heterocycles. The lowest BCUT2D eigenvalue weighted by molar-refractivity contribution is 0.0952. The second kappa shape index (κ2) is 5.60. The summed E-state index contributed by atoms with van der Waals surface area (Å²) >= 11 is 0. The van der Waals surface area contributed by atoms with Gasteiger partial charge in [-0.1, -0.05) is 11.6 Å². The molecule has 0 radical (unpaired) electrons. The minimum absolute atomic E-state index is 0.0269. The zero-order chi connectivity index (χ0) is 16.0. The lowest BCUT2D eigenvalue weighted by Crippen LogP contribution is -2.38. The molecule has 3 N–H and O–H groups in total. The molecule has 0 saturated heterocycles. The molecule has 1 amide bonds. The Morgan fingerprint density at radius 3 is 2.78 bits per heavy atom. The number of aryl methyl sites for hydroxylation is 1. The van der Waals surface area contributed by atoms with Gasteiger partial charge in [0, 0.05) is 29.6 Å². The summed E-state index contributed by atoms with van der Waals surface area (Å²) in [5.74, 6) is 1.09. The molecule has 2 aliphatic carbocycles. The van der Waals surface area contributed by atoms with E-state index in [1.54, 1.807) is 0 Å². The number of rotatable bonds is 5. The van der Waals surface area contributed by atoms with E-state index in [2.05, 4.69) is 17.4 Å². The number of hydrogen-bond donors (Lipinski definition) is 2. The van der Waals surface area contributed by atoms with E-state index in [0.717, 1.165) is 27.7 Å². The van der Waals surface area contributed by atoms with Gasteiger partial charge in [-0.25, -0.2) is 0 Å². The third-order valence-corrected chi connectivity index (χ3v) is 4.95. The highest BCUT2D eigenvalue weighted by Gasteiger charge is 2.29. The van der Waals surface area contributed by atoms with E-state index in [1.165, 1.54) is 25.7 Å². The largest absolute Gasteiger partial charge is 0.350 e. The average Bonchev–Trinajstić information content (AvgIpc) is 3.41. The molecule has 2 aliphatic rings. The summed E-state index contributed by atoms with van der Waals surface area (Å²) in [6, 6.07) is 8.18. The molecule has 1 unspecified atom stereocenters. The van der Waals surface area contributed by atoms with Crippen LogP contribution in [0.15, 0.2) is 24.3 Å². The van der Waals surface area contributed by atoms with Crippen LogP contribution in [0, 0.1) is 12.8 Å². The summed E-state index contributed by atoms with van der Waals surface area (Å²) in [6.45, 7) is 2.59. The van der Waals surface area contributed by atoms with Gasteiger partial charge < -0.3 is 11.1 Å². The lowest BCUT2D eigenvalue weighted by Gasteiger charge is -2.14. The van der Waals surface area contributed by atoms with Crippen molar-refractivity contribution in [3.8, 4) is 0 Å². The number of nitrogens with one attached hydrogen (secondary N) is 1.